The monoisotopic (exact) mass is 543 g/mol. The summed E-state index contributed by atoms with van der Waals surface area (Å²) in [6.07, 6.45) is 3.63. The van der Waals surface area contributed by atoms with Gasteiger partial charge in [0, 0.05) is 43.7 Å². The van der Waals surface area contributed by atoms with Crippen LogP contribution in [0.5, 0.6) is 0 Å². The van der Waals surface area contributed by atoms with Gasteiger partial charge in [-0.3, -0.25) is 9.13 Å². The molecule has 5 nitrogen and oxygen atoms in total. The molecule has 0 saturated carbocycles. The van der Waals surface area contributed by atoms with Crippen molar-refractivity contribution < 1.29 is 0 Å². The lowest BCUT2D eigenvalue weighted by atomic mass is 10.1. The molecule has 4 aromatic carbocycles. The van der Waals surface area contributed by atoms with Gasteiger partial charge in [0.1, 0.15) is 17.7 Å². The van der Waals surface area contributed by atoms with Gasteiger partial charge in [-0.1, -0.05) is 66.4 Å². The largest absolute Gasteiger partial charge is 0.294 e. The summed E-state index contributed by atoms with van der Waals surface area (Å²) in [6.45, 7) is 0. The zero-order valence-electron chi connectivity index (χ0n) is 21.8. The van der Waals surface area contributed by atoms with Gasteiger partial charge in [0.25, 0.3) is 0 Å². The molecule has 4 heterocycles. The second kappa shape index (κ2) is 9.37. The van der Waals surface area contributed by atoms with Crippen LogP contribution >= 0.6 is 11.8 Å². The lowest BCUT2D eigenvalue weighted by molar-refractivity contribution is 1.08. The van der Waals surface area contributed by atoms with Crippen molar-refractivity contribution in [1.82, 2.24) is 19.1 Å². The minimum absolute atomic E-state index is 0.650. The Morgan fingerprint density at radius 3 is 1.71 bits per heavy atom. The van der Waals surface area contributed by atoms with Crippen LogP contribution in [0.15, 0.2) is 137 Å². The summed E-state index contributed by atoms with van der Waals surface area (Å²) in [7, 11) is 0. The maximum atomic E-state index is 10.2. The lowest BCUT2D eigenvalue weighted by Gasteiger charge is -2.10. The molecule has 0 aliphatic rings. The Balaban J connectivity index is 1.34. The zero-order valence-corrected chi connectivity index (χ0v) is 22.6. The smallest absolute Gasteiger partial charge is 0.137 e. The minimum Gasteiger partial charge on any atom is -0.294 e. The number of hydrogen-bond donors (Lipinski definition) is 0. The first kappa shape index (κ1) is 23.5. The summed E-state index contributed by atoms with van der Waals surface area (Å²) in [6, 6.07) is 41.7. The fourth-order valence-corrected chi connectivity index (χ4v) is 6.72. The third-order valence-electron chi connectivity index (χ3n) is 7.52. The van der Waals surface area contributed by atoms with Crippen molar-refractivity contribution in [3.8, 4) is 17.7 Å². The first-order chi connectivity index (χ1) is 20.3. The average Bonchev–Trinajstić information content (AvgIpc) is 3.53. The van der Waals surface area contributed by atoms with Gasteiger partial charge in [0.2, 0.25) is 0 Å². The first-order valence-corrected chi connectivity index (χ1v) is 14.1. The molecule has 0 bridgehead atoms. The van der Waals surface area contributed by atoms with E-state index in [1.807, 2.05) is 67.0 Å². The van der Waals surface area contributed by atoms with Crippen LogP contribution in [0, 0.1) is 11.3 Å². The molecule has 0 radical (unpaired) electrons. The van der Waals surface area contributed by atoms with E-state index in [2.05, 4.69) is 85.8 Å². The molecule has 0 atom stereocenters. The third kappa shape index (κ3) is 3.71. The van der Waals surface area contributed by atoms with E-state index in [-0.39, 0.29) is 0 Å². The van der Waals surface area contributed by atoms with Crippen LogP contribution in [0.1, 0.15) is 5.56 Å². The van der Waals surface area contributed by atoms with Crippen LogP contribution in [-0.4, -0.2) is 19.1 Å². The molecule has 0 unspecified atom stereocenters. The summed E-state index contributed by atoms with van der Waals surface area (Å²) in [5.74, 6) is 1.72. The normalized spacial score (nSPS) is 11.5. The number of pyridine rings is 2. The lowest BCUT2D eigenvalue weighted by Crippen LogP contribution is -1.97. The van der Waals surface area contributed by atoms with Gasteiger partial charge >= 0.3 is 0 Å². The van der Waals surface area contributed by atoms with Gasteiger partial charge in [-0.15, -0.1) is 0 Å². The molecule has 192 valence electrons. The standard InChI is InChI=1S/C35H21N5S/c36-22-23-19-28-26-10-2-4-12-30(26)40(35-14-6-8-18-38-35)32(28)21-33(23)41-24-15-16-27-25-9-1-3-11-29(25)39(31(27)20-24)34-13-5-7-17-37-34/h1-21H. The van der Waals surface area contributed by atoms with Crippen LogP contribution in [0.4, 0.5) is 0 Å². The maximum Gasteiger partial charge on any atom is 0.137 e. The third-order valence-corrected chi connectivity index (χ3v) is 8.57. The van der Waals surface area contributed by atoms with Crippen molar-refractivity contribution in [2.75, 3.05) is 0 Å². The number of fused-ring (bicyclic) bond motifs is 6. The van der Waals surface area contributed by atoms with E-state index in [1.165, 1.54) is 10.8 Å². The molecule has 8 aromatic rings. The van der Waals surface area contributed by atoms with Gasteiger partial charge < -0.3 is 0 Å². The highest BCUT2D eigenvalue weighted by atomic mass is 32.2. The van der Waals surface area contributed by atoms with Crippen LogP contribution in [0.25, 0.3) is 55.2 Å². The van der Waals surface area contributed by atoms with Crippen molar-refractivity contribution in [1.29, 1.82) is 5.26 Å². The molecule has 0 N–H and O–H groups in total. The second-order valence-electron chi connectivity index (χ2n) is 9.84. The van der Waals surface area contributed by atoms with Crippen molar-refractivity contribution in [2.45, 2.75) is 9.79 Å². The number of benzene rings is 4. The summed E-state index contributed by atoms with van der Waals surface area (Å²) >= 11 is 1.61. The second-order valence-corrected chi connectivity index (χ2v) is 11.0. The molecule has 4 aromatic heterocycles. The Kier molecular flexibility index (Phi) is 5.37. The predicted octanol–water partition coefficient (Wildman–Crippen LogP) is 8.69. The fourth-order valence-electron chi connectivity index (χ4n) is 5.77. The Morgan fingerprint density at radius 1 is 0.537 bits per heavy atom. The van der Waals surface area contributed by atoms with Crippen LogP contribution in [0.2, 0.25) is 0 Å². The molecule has 0 aliphatic carbocycles. The van der Waals surface area contributed by atoms with Gasteiger partial charge in [-0.2, -0.15) is 5.26 Å². The van der Waals surface area contributed by atoms with E-state index < -0.39 is 0 Å². The molecule has 8 rings (SSSR count). The molecule has 0 spiro atoms. The van der Waals surface area contributed by atoms with E-state index in [0.717, 1.165) is 54.3 Å². The Morgan fingerprint density at radius 2 is 1.10 bits per heavy atom. The highest BCUT2D eigenvalue weighted by Crippen LogP contribution is 2.40. The minimum atomic E-state index is 0.650. The van der Waals surface area contributed by atoms with Crippen molar-refractivity contribution in [3.05, 3.63) is 133 Å². The van der Waals surface area contributed by atoms with Gasteiger partial charge in [0.15, 0.2) is 0 Å². The molecule has 0 saturated heterocycles. The maximum absolute atomic E-state index is 10.2. The van der Waals surface area contributed by atoms with E-state index in [0.29, 0.717) is 5.56 Å². The van der Waals surface area contributed by atoms with Crippen LogP contribution in [0.3, 0.4) is 0 Å². The number of aromatic nitrogens is 4. The highest BCUT2D eigenvalue weighted by molar-refractivity contribution is 7.99. The molecular weight excluding hydrogens is 522 g/mol. The summed E-state index contributed by atoms with van der Waals surface area (Å²) in [5.41, 5.74) is 4.93. The molecular formula is C35H21N5S. The molecule has 6 heteroatoms. The number of nitrogens with zero attached hydrogens (tertiary/aromatic N) is 5. The van der Waals surface area contributed by atoms with E-state index in [9.17, 15) is 5.26 Å². The van der Waals surface area contributed by atoms with Crippen LogP contribution < -0.4 is 0 Å². The number of hydrogen-bond acceptors (Lipinski definition) is 4. The Labute approximate surface area is 239 Å². The topological polar surface area (TPSA) is 59.4 Å². The highest BCUT2D eigenvalue weighted by Gasteiger charge is 2.18. The quantitative estimate of drug-likeness (QED) is 0.223. The molecule has 0 fully saturated rings. The van der Waals surface area contributed by atoms with Gasteiger partial charge in [-0.25, -0.2) is 9.97 Å². The Hall–Kier alpha value is -5.38. The molecule has 41 heavy (non-hydrogen) atoms. The van der Waals surface area contributed by atoms with E-state index in [4.69, 9.17) is 0 Å². The molecule has 0 amide bonds. The van der Waals surface area contributed by atoms with Crippen molar-refractivity contribution in [3.63, 3.8) is 0 Å². The van der Waals surface area contributed by atoms with Crippen molar-refractivity contribution in [2.24, 2.45) is 0 Å². The van der Waals surface area contributed by atoms with Gasteiger partial charge in [-0.05, 0) is 60.7 Å². The van der Waals surface area contributed by atoms with Gasteiger partial charge in [0.05, 0.1) is 27.6 Å². The van der Waals surface area contributed by atoms with Crippen molar-refractivity contribution >= 4 is 55.4 Å². The SMILES string of the molecule is N#Cc1cc2c3ccccc3n(-c3ccccn3)c2cc1Sc1ccc2c3ccccc3n(-c3ccccn3)c2c1. The van der Waals surface area contributed by atoms with E-state index >= 15 is 0 Å². The summed E-state index contributed by atoms with van der Waals surface area (Å²) in [4.78, 5) is 11.3. The number of para-hydroxylation sites is 2. The first-order valence-electron chi connectivity index (χ1n) is 13.3. The molecule has 0 aliphatic heterocycles. The summed E-state index contributed by atoms with van der Waals surface area (Å²) < 4.78 is 4.39. The van der Waals surface area contributed by atoms with E-state index in [1.54, 1.807) is 11.8 Å². The average molecular weight is 544 g/mol. The predicted molar refractivity (Wildman–Crippen MR) is 166 cm³/mol. The number of nitriles is 1. The summed E-state index contributed by atoms with van der Waals surface area (Å²) in [5, 5.41) is 14.7. The zero-order chi connectivity index (χ0) is 27.3. The number of rotatable bonds is 4. The fraction of sp³-hybridized carbons (Fsp3) is 0. The Bertz CT molecular complexity index is 2290. The van der Waals surface area contributed by atoms with Crippen LogP contribution in [-0.2, 0) is 0 Å².